The molecule has 0 amide bonds. The number of aryl methyl sites for hydroxylation is 1. The lowest BCUT2D eigenvalue weighted by atomic mass is 9.85. The van der Waals surface area contributed by atoms with Crippen molar-refractivity contribution in [2.45, 2.75) is 19.0 Å². The van der Waals surface area contributed by atoms with Crippen LogP contribution in [0, 0.1) is 12.7 Å². The van der Waals surface area contributed by atoms with E-state index < -0.39 is 5.67 Å². The van der Waals surface area contributed by atoms with Crippen LogP contribution in [0.15, 0.2) is 150 Å². The van der Waals surface area contributed by atoms with Crippen molar-refractivity contribution in [3.05, 3.63) is 167 Å². The minimum Gasteiger partial charge on any atom is -0.359 e. The highest BCUT2D eigenvalue weighted by Crippen LogP contribution is 2.40. The Morgan fingerprint density at radius 3 is 2.05 bits per heavy atom. The van der Waals surface area contributed by atoms with Gasteiger partial charge in [-0.15, -0.1) is 0 Å². The summed E-state index contributed by atoms with van der Waals surface area (Å²) in [6.07, 6.45) is 5.60. The number of allylic oxidation sites excluding steroid dienone is 4. The van der Waals surface area contributed by atoms with Gasteiger partial charge in [-0.3, -0.25) is 0 Å². The molecule has 0 fully saturated rings. The number of anilines is 4. The van der Waals surface area contributed by atoms with Crippen molar-refractivity contribution in [2.24, 2.45) is 0 Å². The molecule has 0 saturated heterocycles. The molecule has 0 aromatic heterocycles. The van der Waals surface area contributed by atoms with E-state index >= 15 is 4.39 Å². The summed E-state index contributed by atoms with van der Waals surface area (Å²) in [5.41, 5.74) is 6.53. The van der Waals surface area contributed by atoms with Crippen LogP contribution in [0.5, 0.6) is 0 Å². The number of benzene rings is 5. The van der Waals surface area contributed by atoms with Gasteiger partial charge in [0.05, 0.1) is 4.47 Å². The number of rotatable bonds is 7. The molecule has 6 rings (SSSR count). The van der Waals surface area contributed by atoms with Crippen LogP contribution in [0.2, 0.25) is 0 Å². The maximum atomic E-state index is 16.0. The molecule has 1 atom stereocenters. The number of alkyl halides is 1. The number of hydrogen-bond donors (Lipinski definition) is 1. The van der Waals surface area contributed by atoms with E-state index in [2.05, 4.69) is 45.5 Å². The van der Waals surface area contributed by atoms with Crippen molar-refractivity contribution in [1.29, 1.82) is 0 Å². The molecule has 208 valence electrons. The largest absolute Gasteiger partial charge is 0.359 e. The van der Waals surface area contributed by atoms with Gasteiger partial charge in [0.1, 0.15) is 5.82 Å². The number of hydrogen-bond acceptors (Lipinski definition) is 2. The predicted octanol–water partition coefficient (Wildman–Crippen LogP) is 11.2. The molecule has 5 aromatic carbocycles. The average Bonchev–Trinajstić information content (AvgIpc) is 3.01. The molecule has 1 aliphatic carbocycles. The fourth-order valence-corrected chi connectivity index (χ4v) is 5.65. The maximum Gasteiger partial charge on any atom is 0.160 e. The van der Waals surface area contributed by atoms with Crippen LogP contribution in [-0.4, -0.2) is 0 Å². The van der Waals surface area contributed by atoms with E-state index in [0.29, 0.717) is 10.0 Å². The Labute approximate surface area is 253 Å². The van der Waals surface area contributed by atoms with Gasteiger partial charge in [0.25, 0.3) is 0 Å². The van der Waals surface area contributed by atoms with Crippen LogP contribution in [0.25, 0.3) is 11.1 Å². The predicted molar refractivity (Wildman–Crippen MR) is 174 cm³/mol. The first kappa shape index (κ1) is 27.7. The highest BCUT2D eigenvalue weighted by Gasteiger charge is 2.33. The second-order valence-corrected chi connectivity index (χ2v) is 11.3. The van der Waals surface area contributed by atoms with Crippen LogP contribution < -0.4 is 10.2 Å². The normalized spacial score (nSPS) is 16.1. The summed E-state index contributed by atoms with van der Waals surface area (Å²) in [4.78, 5) is 2.03. The first-order valence-electron chi connectivity index (χ1n) is 13.8. The van der Waals surface area contributed by atoms with Gasteiger partial charge in [-0.2, -0.15) is 0 Å². The van der Waals surface area contributed by atoms with Crippen LogP contribution in [-0.2, 0) is 5.67 Å². The molecule has 0 aliphatic heterocycles. The number of nitrogens with zero attached hydrogens (tertiary/aromatic N) is 1. The zero-order valence-corrected chi connectivity index (χ0v) is 24.7. The highest BCUT2D eigenvalue weighted by atomic mass is 79.9. The van der Waals surface area contributed by atoms with E-state index in [1.54, 1.807) is 18.2 Å². The van der Waals surface area contributed by atoms with Crippen molar-refractivity contribution in [2.75, 3.05) is 10.2 Å². The Hall–Kier alpha value is -4.48. The zero-order chi connectivity index (χ0) is 29.1. The van der Waals surface area contributed by atoms with E-state index in [1.165, 1.54) is 6.07 Å². The van der Waals surface area contributed by atoms with Gasteiger partial charge < -0.3 is 10.2 Å². The first-order valence-corrected chi connectivity index (χ1v) is 14.6. The molecule has 42 heavy (non-hydrogen) atoms. The summed E-state index contributed by atoms with van der Waals surface area (Å²) >= 11 is 3.26. The summed E-state index contributed by atoms with van der Waals surface area (Å²) < 4.78 is 30.9. The molecular weight excluding hydrogens is 590 g/mol. The Kier molecular flexibility index (Phi) is 7.77. The van der Waals surface area contributed by atoms with Crippen LogP contribution in [0.4, 0.5) is 31.5 Å². The third-order valence-electron chi connectivity index (χ3n) is 7.52. The molecule has 0 heterocycles. The summed E-state index contributed by atoms with van der Waals surface area (Å²) in [7, 11) is 0. The minimum atomic E-state index is -1.54. The van der Waals surface area contributed by atoms with E-state index in [-0.39, 0.29) is 12.2 Å². The molecule has 0 saturated carbocycles. The average molecular weight is 620 g/mol. The van der Waals surface area contributed by atoms with Crippen molar-refractivity contribution in [3.63, 3.8) is 0 Å². The van der Waals surface area contributed by atoms with E-state index in [9.17, 15) is 4.39 Å². The standard InChI is InChI=1S/C37H29BrF2N2/c1-26-8-5-6-12-34(26)37(40)23-7-9-30(25-37)41-29-17-13-27(14-18-29)28-15-19-32(20-16-28)42(31-10-3-2-4-11-31)33-21-22-35(38)36(39)24-33/h2-24,41H,25H2,1H3. The van der Waals surface area contributed by atoms with E-state index in [0.717, 1.165) is 45.1 Å². The molecule has 0 spiro atoms. The first-order chi connectivity index (χ1) is 20.4. The van der Waals surface area contributed by atoms with Crippen molar-refractivity contribution < 1.29 is 8.78 Å². The van der Waals surface area contributed by atoms with Gasteiger partial charge in [0, 0.05) is 34.9 Å². The molecular formula is C37H29BrF2N2. The molecule has 5 aromatic rings. The van der Waals surface area contributed by atoms with Gasteiger partial charge >= 0.3 is 0 Å². The molecule has 0 radical (unpaired) electrons. The summed E-state index contributed by atoms with van der Waals surface area (Å²) in [6.45, 7) is 1.95. The minimum absolute atomic E-state index is 0.248. The van der Waals surface area contributed by atoms with Crippen molar-refractivity contribution >= 4 is 38.7 Å². The van der Waals surface area contributed by atoms with Gasteiger partial charge in [-0.25, -0.2) is 8.78 Å². The third-order valence-corrected chi connectivity index (χ3v) is 8.17. The Morgan fingerprint density at radius 2 is 1.36 bits per heavy atom. The third kappa shape index (κ3) is 5.79. The quantitative estimate of drug-likeness (QED) is 0.195. The molecule has 0 bridgehead atoms. The fraction of sp³-hybridized carbons (Fsp3) is 0.0811. The van der Waals surface area contributed by atoms with Crippen molar-refractivity contribution in [1.82, 2.24) is 0 Å². The van der Waals surface area contributed by atoms with Gasteiger partial charge in [0.2, 0.25) is 0 Å². The Morgan fingerprint density at radius 1 is 0.738 bits per heavy atom. The molecule has 5 heteroatoms. The number of nitrogens with one attached hydrogen (secondary N) is 1. The van der Waals surface area contributed by atoms with Gasteiger partial charge in [-0.1, -0.05) is 72.8 Å². The van der Waals surface area contributed by atoms with Crippen molar-refractivity contribution in [3.8, 4) is 11.1 Å². The maximum absolute atomic E-state index is 16.0. The summed E-state index contributed by atoms with van der Waals surface area (Å²) in [6, 6.07) is 39.0. The number of para-hydroxylation sites is 1. The summed E-state index contributed by atoms with van der Waals surface area (Å²) in [5.74, 6) is -0.314. The topological polar surface area (TPSA) is 15.3 Å². The lowest BCUT2D eigenvalue weighted by molar-refractivity contribution is 0.230. The highest BCUT2D eigenvalue weighted by molar-refractivity contribution is 9.10. The fourth-order valence-electron chi connectivity index (χ4n) is 5.40. The van der Waals surface area contributed by atoms with Gasteiger partial charge in [0.15, 0.2) is 5.67 Å². The smallest absolute Gasteiger partial charge is 0.160 e. The van der Waals surface area contributed by atoms with Crippen LogP contribution in [0.3, 0.4) is 0 Å². The lowest BCUT2D eigenvalue weighted by Gasteiger charge is -2.28. The van der Waals surface area contributed by atoms with E-state index in [4.69, 9.17) is 0 Å². The zero-order valence-electron chi connectivity index (χ0n) is 23.1. The lowest BCUT2D eigenvalue weighted by Crippen LogP contribution is -2.23. The Bertz CT molecular complexity index is 1760. The van der Waals surface area contributed by atoms with Gasteiger partial charge in [-0.05, 0) is 112 Å². The molecule has 1 unspecified atom stereocenters. The van der Waals surface area contributed by atoms with Crippen LogP contribution >= 0.6 is 15.9 Å². The second kappa shape index (κ2) is 11.8. The molecule has 1 N–H and O–H groups in total. The molecule has 1 aliphatic rings. The second-order valence-electron chi connectivity index (χ2n) is 10.4. The number of halogens is 3. The van der Waals surface area contributed by atoms with E-state index in [1.807, 2.05) is 103 Å². The van der Waals surface area contributed by atoms with Crippen LogP contribution in [0.1, 0.15) is 17.5 Å². The Balaban J connectivity index is 1.20. The SMILES string of the molecule is Cc1ccccc1C1(F)C=CC=C(Nc2ccc(-c3ccc(N(c4ccccc4)c4ccc(Br)c(F)c4)cc3)cc2)C1. The summed E-state index contributed by atoms with van der Waals surface area (Å²) in [5, 5.41) is 3.40. The molecule has 2 nitrogen and oxygen atoms in total. The monoisotopic (exact) mass is 618 g/mol.